The lowest BCUT2D eigenvalue weighted by Gasteiger charge is -2.12. The predicted molar refractivity (Wildman–Crippen MR) is 91.8 cm³/mol. The molecule has 0 atom stereocenters. The molecule has 0 saturated heterocycles. The summed E-state index contributed by atoms with van der Waals surface area (Å²) < 4.78 is 1.08. The molecule has 3 rings (SSSR count). The van der Waals surface area contributed by atoms with E-state index in [9.17, 15) is 0 Å². The van der Waals surface area contributed by atoms with Gasteiger partial charge in [-0.2, -0.15) is 0 Å². The molecule has 21 heavy (non-hydrogen) atoms. The van der Waals surface area contributed by atoms with Gasteiger partial charge in [-0.05, 0) is 42.8 Å². The molecule has 0 fully saturated rings. The highest BCUT2D eigenvalue weighted by Crippen LogP contribution is 2.29. The largest absolute Gasteiger partial charge is 0.355 e. The summed E-state index contributed by atoms with van der Waals surface area (Å²) in [7, 11) is 0. The highest BCUT2D eigenvalue weighted by molar-refractivity contribution is 9.10. The number of anilines is 2. The Morgan fingerprint density at radius 2 is 1.90 bits per heavy atom. The molecule has 4 heteroatoms. The number of hydrogen-bond acceptors (Lipinski definition) is 3. The van der Waals surface area contributed by atoms with Crippen molar-refractivity contribution in [2.45, 2.75) is 6.92 Å². The summed E-state index contributed by atoms with van der Waals surface area (Å²) in [5, 5.41) is 4.45. The quantitative estimate of drug-likeness (QED) is 0.722. The van der Waals surface area contributed by atoms with Crippen LogP contribution in [0.1, 0.15) is 11.4 Å². The van der Waals surface area contributed by atoms with Gasteiger partial charge >= 0.3 is 0 Å². The van der Waals surface area contributed by atoms with Gasteiger partial charge in [0.15, 0.2) is 5.82 Å². The van der Waals surface area contributed by atoms with Crippen LogP contribution >= 0.6 is 15.9 Å². The molecule has 1 N–H and O–H groups in total. The Morgan fingerprint density at radius 1 is 1.14 bits per heavy atom. The van der Waals surface area contributed by atoms with Crippen molar-refractivity contribution in [1.29, 1.82) is 0 Å². The van der Waals surface area contributed by atoms with E-state index in [1.54, 1.807) is 6.08 Å². The monoisotopic (exact) mass is 339 g/mol. The van der Waals surface area contributed by atoms with Gasteiger partial charge in [-0.15, -0.1) is 0 Å². The summed E-state index contributed by atoms with van der Waals surface area (Å²) in [6.07, 6.45) is 3.48. The van der Waals surface area contributed by atoms with Crippen LogP contribution in [0.25, 0.3) is 17.0 Å². The summed E-state index contributed by atoms with van der Waals surface area (Å²) in [6, 6.07) is 12.1. The van der Waals surface area contributed by atoms with Crippen LogP contribution in [0.2, 0.25) is 0 Å². The number of halogens is 1. The van der Waals surface area contributed by atoms with Crippen LogP contribution < -0.4 is 5.32 Å². The van der Waals surface area contributed by atoms with Crippen molar-refractivity contribution >= 4 is 44.3 Å². The zero-order chi connectivity index (χ0) is 14.8. The number of aromatic nitrogens is 2. The third-order valence-electron chi connectivity index (χ3n) is 3.36. The molecule has 0 aliphatic rings. The van der Waals surface area contributed by atoms with Crippen LogP contribution in [0.3, 0.4) is 0 Å². The molecule has 2 aromatic carbocycles. The summed E-state index contributed by atoms with van der Waals surface area (Å²) >= 11 is 3.55. The maximum Gasteiger partial charge on any atom is 0.151 e. The molecule has 0 radical (unpaired) electrons. The fourth-order valence-corrected chi connectivity index (χ4v) is 2.53. The van der Waals surface area contributed by atoms with Gasteiger partial charge in [-0.25, -0.2) is 9.97 Å². The standard InChI is InChI=1S/C17H14BrN3/c1-3-17-19-10-12-15(8-5-9-16(12)21-17)20-14-7-4-6-13(18)11(14)2/h3-10,20H,1H2,2H3. The molecule has 0 amide bonds. The Kier molecular flexibility index (Phi) is 3.71. The van der Waals surface area contributed by atoms with Gasteiger partial charge in [0.05, 0.1) is 5.52 Å². The van der Waals surface area contributed by atoms with Crippen molar-refractivity contribution < 1.29 is 0 Å². The first-order valence-corrected chi connectivity index (χ1v) is 7.38. The van der Waals surface area contributed by atoms with E-state index in [0.717, 1.165) is 32.3 Å². The van der Waals surface area contributed by atoms with Crippen molar-refractivity contribution in [3.8, 4) is 0 Å². The number of nitrogens with one attached hydrogen (secondary N) is 1. The first kappa shape index (κ1) is 13.8. The van der Waals surface area contributed by atoms with Gasteiger partial charge in [0.25, 0.3) is 0 Å². The lowest BCUT2D eigenvalue weighted by molar-refractivity contribution is 1.18. The van der Waals surface area contributed by atoms with E-state index >= 15 is 0 Å². The lowest BCUT2D eigenvalue weighted by Crippen LogP contribution is -1.96. The molecule has 0 aliphatic heterocycles. The Hall–Kier alpha value is -2.20. The van der Waals surface area contributed by atoms with Crippen LogP contribution in [0, 0.1) is 6.92 Å². The SMILES string of the molecule is C=Cc1ncc2c(Nc3cccc(Br)c3C)cccc2n1. The second-order valence-corrected chi connectivity index (χ2v) is 5.56. The third kappa shape index (κ3) is 2.67. The molecule has 0 spiro atoms. The van der Waals surface area contributed by atoms with Gasteiger partial charge in [-0.3, -0.25) is 0 Å². The van der Waals surface area contributed by atoms with Crippen molar-refractivity contribution in [3.63, 3.8) is 0 Å². The highest BCUT2D eigenvalue weighted by Gasteiger charge is 2.06. The molecule has 1 aromatic heterocycles. The number of benzene rings is 2. The van der Waals surface area contributed by atoms with E-state index in [0.29, 0.717) is 5.82 Å². The van der Waals surface area contributed by atoms with Crippen molar-refractivity contribution in [1.82, 2.24) is 9.97 Å². The van der Waals surface area contributed by atoms with Crippen molar-refractivity contribution in [3.05, 3.63) is 65.0 Å². The second kappa shape index (κ2) is 5.66. The average molecular weight is 340 g/mol. The normalized spacial score (nSPS) is 10.6. The van der Waals surface area contributed by atoms with Crippen molar-refractivity contribution in [2.24, 2.45) is 0 Å². The maximum atomic E-state index is 4.46. The van der Waals surface area contributed by atoms with Crippen LogP contribution in [0.5, 0.6) is 0 Å². The summed E-state index contributed by atoms with van der Waals surface area (Å²) in [5.74, 6) is 0.637. The Labute approximate surface area is 131 Å². The topological polar surface area (TPSA) is 37.8 Å². The minimum absolute atomic E-state index is 0.637. The number of nitrogens with zero attached hydrogens (tertiary/aromatic N) is 2. The molecule has 3 aromatic rings. The highest BCUT2D eigenvalue weighted by atomic mass is 79.9. The summed E-state index contributed by atoms with van der Waals surface area (Å²) in [5.41, 5.74) is 4.12. The lowest BCUT2D eigenvalue weighted by atomic mass is 10.1. The minimum Gasteiger partial charge on any atom is -0.355 e. The van der Waals surface area contributed by atoms with Gasteiger partial charge in [0, 0.05) is 27.4 Å². The summed E-state index contributed by atoms with van der Waals surface area (Å²) in [6.45, 7) is 5.78. The average Bonchev–Trinajstić information content (AvgIpc) is 2.51. The van der Waals surface area contributed by atoms with E-state index in [1.165, 1.54) is 0 Å². The molecular formula is C17H14BrN3. The van der Waals surface area contributed by atoms with Crippen LogP contribution in [-0.4, -0.2) is 9.97 Å². The van der Waals surface area contributed by atoms with E-state index in [2.05, 4.69) is 50.8 Å². The van der Waals surface area contributed by atoms with E-state index in [1.807, 2.05) is 36.5 Å². The van der Waals surface area contributed by atoms with Gasteiger partial charge < -0.3 is 5.32 Å². The fraction of sp³-hybridized carbons (Fsp3) is 0.0588. The van der Waals surface area contributed by atoms with Crippen LogP contribution in [-0.2, 0) is 0 Å². The molecule has 0 unspecified atom stereocenters. The second-order valence-electron chi connectivity index (χ2n) is 4.71. The number of rotatable bonds is 3. The number of fused-ring (bicyclic) bond motifs is 1. The van der Waals surface area contributed by atoms with E-state index < -0.39 is 0 Å². The van der Waals surface area contributed by atoms with Crippen LogP contribution in [0.15, 0.2) is 53.6 Å². The van der Waals surface area contributed by atoms with Gasteiger partial charge in [0.2, 0.25) is 0 Å². The summed E-state index contributed by atoms with van der Waals surface area (Å²) in [4.78, 5) is 8.75. The Morgan fingerprint density at radius 3 is 2.71 bits per heavy atom. The molecule has 1 heterocycles. The van der Waals surface area contributed by atoms with Crippen molar-refractivity contribution in [2.75, 3.05) is 5.32 Å². The molecule has 0 saturated carbocycles. The molecule has 104 valence electrons. The zero-order valence-electron chi connectivity index (χ0n) is 11.6. The maximum absolute atomic E-state index is 4.46. The fourth-order valence-electron chi connectivity index (χ4n) is 2.16. The van der Waals surface area contributed by atoms with Crippen LogP contribution in [0.4, 0.5) is 11.4 Å². The Balaban J connectivity index is 2.08. The molecule has 0 bridgehead atoms. The van der Waals surface area contributed by atoms with E-state index in [-0.39, 0.29) is 0 Å². The number of hydrogen-bond donors (Lipinski definition) is 1. The Bertz CT molecular complexity index is 827. The smallest absolute Gasteiger partial charge is 0.151 e. The first-order chi connectivity index (χ1) is 10.2. The first-order valence-electron chi connectivity index (χ1n) is 6.59. The van der Waals surface area contributed by atoms with Gasteiger partial charge in [-0.1, -0.05) is 34.6 Å². The molecule has 0 aliphatic carbocycles. The molecular weight excluding hydrogens is 326 g/mol. The zero-order valence-corrected chi connectivity index (χ0v) is 13.2. The third-order valence-corrected chi connectivity index (χ3v) is 4.22. The minimum atomic E-state index is 0.637. The predicted octanol–water partition coefficient (Wildman–Crippen LogP) is 5.09. The van der Waals surface area contributed by atoms with Gasteiger partial charge in [0.1, 0.15) is 0 Å². The molecule has 3 nitrogen and oxygen atoms in total. The van der Waals surface area contributed by atoms with E-state index in [4.69, 9.17) is 0 Å².